The van der Waals surface area contributed by atoms with Crippen LogP contribution in [0.2, 0.25) is 0 Å². The van der Waals surface area contributed by atoms with Crippen molar-refractivity contribution >= 4 is 38.3 Å². The summed E-state index contributed by atoms with van der Waals surface area (Å²) in [6.45, 7) is 4.74. The molecule has 0 saturated heterocycles. The predicted octanol–water partition coefficient (Wildman–Crippen LogP) is 3.91. The van der Waals surface area contributed by atoms with Crippen LogP contribution in [0.5, 0.6) is 5.75 Å². The van der Waals surface area contributed by atoms with Crippen molar-refractivity contribution in [2.45, 2.75) is 26.5 Å². The normalized spacial score (nSPS) is 10.8. The molecule has 4 nitrogen and oxygen atoms in total. The molecule has 0 radical (unpaired) electrons. The molecule has 0 aliphatic heterocycles. The third kappa shape index (κ3) is 3.64. The van der Waals surface area contributed by atoms with Crippen LogP contribution in [-0.2, 0) is 6.54 Å². The first kappa shape index (κ1) is 15.1. The average molecular weight is 356 g/mol. The van der Waals surface area contributed by atoms with Gasteiger partial charge in [-0.2, -0.15) is 4.37 Å². The number of aromatic nitrogens is 1. The third-order valence-corrected chi connectivity index (χ3v) is 4.12. The van der Waals surface area contributed by atoms with Crippen LogP contribution in [0.15, 0.2) is 28.7 Å². The van der Waals surface area contributed by atoms with Crippen LogP contribution in [0.3, 0.4) is 0 Å². The largest absolute Gasteiger partial charge is 0.484 e. The molecule has 2 rings (SSSR count). The molecule has 2 aromatic rings. The van der Waals surface area contributed by atoms with Crippen molar-refractivity contribution in [1.29, 1.82) is 0 Å². The molecule has 0 aliphatic carbocycles. The Hall–Kier alpha value is -1.27. The van der Waals surface area contributed by atoms with Gasteiger partial charge in [-0.1, -0.05) is 28.1 Å². The molecular weight excluding hydrogens is 338 g/mol. The van der Waals surface area contributed by atoms with E-state index in [1.54, 1.807) is 0 Å². The van der Waals surface area contributed by atoms with Crippen molar-refractivity contribution in [2.24, 2.45) is 0 Å². The SMILES string of the molecule is CC(C)Oc1c(N)nsc1N(C)Cc1cccc(Br)c1. The van der Waals surface area contributed by atoms with Gasteiger partial charge in [-0.15, -0.1) is 0 Å². The molecule has 1 heterocycles. The fourth-order valence-electron chi connectivity index (χ4n) is 1.86. The molecule has 0 atom stereocenters. The van der Waals surface area contributed by atoms with Crippen LogP contribution in [0.1, 0.15) is 19.4 Å². The van der Waals surface area contributed by atoms with E-state index in [2.05, 4.69) is 37.3 Å². The van der Waals surface area contributed by atoms with E-state index >= 15 is 0 Å². The Bertz CT molecular complexity index is 586. The van der Waals surface area contributed by atoms with Crippen molar-refractivity contribution in [3.8, 4) is 5.75 Å². The molecule has 1 aromatic heterocycles. The number of nitrogens with two attached hydrogens (primary N) is 1. The maximum absolute atomic E-state index is 5.89. The molecule has 0 fully saturated rings. The van der Waals surface area contributed by atoms with Gasteiger partial charge in [0.05, 0.1) is 6.10 Å². The molecule has 0 spiro atoms. The number of hydrogen-bond donors (Lipinski definition) is 1. The van der Waals surface area contributed by atoms with Crippen LogP contribution in [0.25, 0.3) is 0 Å². The van der Waals surface area contributed by atoms with E-state index in [0.29, 0.717) is 11.6 Å². The zero-order valence-corrected chi connectivity index (χ0v) is 14.2. The van der Waals surface area contributed by atoms with Gasteiger partial charge >= 0.3 is 0 Å². The predicted molar refractivity (Wildman–Crippen MR) is 88.5 cm³/mol. The lowest BCUT2D eigenvalue weighted by molar-refractivity contribution is 0.245. The van der Waals surface area contributed by atoms with Crippen molar-refractivity contribution in [3.05, 3.63) is 34.3 Å². The van der Waals surface area contributed by atoms with Crippen LogP contribution < -0.4 is 15.4 Å². The Morgan fingerprint density at radius 2 is 2.20 bits per heavy atom. The fourth-order valence-corrected chi connectivity index (χ4v) is 3.01. The minimum atomic E-state index is 0.0757. The number of halogens is 1. The molecular formula is C14H18BrN3OS. The smallest absolute Gasteiger partial charge is 0.198 e. The molecule has 1 aromatic carbocycles. The molecule has 0 bridgehead atoms. The van der Waals surface area contributed by atoms with E-state index in [4.69, 9.17) is 10.5 Å². The highest BCUT2D eigenvalue weighted by atomic mass is 79.9. The van der Waals surface area contributed by atoms with Gasteiger partial charge in [0.25, 0.3) is 0 Å². The fraction of sp³-hybridized carbons (Fsp3) is 0.357. The molecule has 0 aliphatic rings. The van der Waals surface area contributed by atoms with Gasteiger partial charge in [0.15, 0.2) is 16.6 Å². The maximum Gasteiger partial charge on any atom is 0.198 e. The first-order valence-electron chi connectivity index (χ1n) is 6.34. The summed E-state index contributed by atoms with van der Waals surface area (Å²) in [4.78, 5) is 2.10. The van der Waals surface area contributed by atoms with Gasteiger partial charge < -0.3 is 15.4 Å². The van der Waals surface area contributed by atoms with Gasteiger partial charge in [-0.05, 0) is 43.1 Å². The number of nitrogens with zero attached hydrogens (tertiary/aromatic N) is 2. The Labute approximate surface area is 131 Å². The summed E-state index contributed by atoms with van der Waals surface area (Å²) in [6.07, 6.45) is 0.0757. The number of ether oxygens (including phenoxy) is 1. The van der Waals surface area contributed by atoms with E-state index in [1.165, 1.54) is 17.1 Å². The highest BCUT2D eigenvalue weighted by Crippen LogP contribution is 2.38. The van der Waals surface area contributed by atoms with Crippen LogP contribution in [0, 0.1) is 0 Å². The second-order valence-electron chi connectivity index (χ2n) is 4.85. The van der Waals surface area contributed by atoms with E-state index in [1.807, 2.05) is 33.0 Å². The number of anilines is 2. The van der Waals surface area contributed by atoms with E-state index in [0.717, 1.165) is 16.0 Å². The summed E-state index contributed by atoms with van der Waals surface area (Å²) in [6, 6.07) is 8.24. The lowest BCUT2D eigenvalue weighted by Crippen LogP contribution is -2.17. The van der Waals surface area contributed by atoms with Gasteiger partial charge in [0.1, 0.15) is 0 Å². The monoisotopic (exact) mass is 355 g/mol. The van der Waals surface area contributed by atoms with Crippen molar-refractivity contribution in [1.82, 2.24) is 4.37 Å². The van der Waals surface area contributed by atoms with Crippen molar-refractivity contribution in [2.75, 3.05) is 17.7 Å². The Morgan fingerprint density at radius 1 is 1.45 bits per heavy atom. The van der Waals surface area contributed by atoms with Crippen LogP contribution >= 0.6 is 27.5 Å². The van der Waals surface area contributed by atoms with E-state index in [-0.39, 0.29) is 6.10 Å². The van der Waals surface area contributed by atoms with Crippen molar-refractivity contribution in [3.63, 3.8) is 0 Å². The number of rotatable bonds is 5. The highest BCUT2D eigenvalue weighted by molar-refractivity contribution is 9.10. The summed E-state index contributed by atoms with van der Waals surface area (Å²) in [5.74, 6) is 1.14. The molecule has 2 N–H and O–H groups in total. The van der Waals surface area contributed by atoms with Crippen molar-refractivity contribution < 1.29 is 4.74 Å². The first-order chi connectivity index (χ1) is 9.47. The lowest BCUT2D eigenvalue weighted by Gasteiger charge is -2.20. The zero-order chi connectivity index (χ0) is 14.7. The summed E-state index contributed by atoms with van der Waals surface area (Å²) >= 11 is 4.85. The summed E-state index contributed by atoms with van der Waals surface area (Å²) in [7, 11) is 2.01. The zero-order valence-electron chi connectivity index (χ0n) is 11.8. The van der Waals surface area contributed by atoms with Gasteiger partial charge in [0.2, 0.25) is 0 Å². The molecule has 0 saturated carbocycles. The molecule has 0 unspecified atom stereocenters. The number of nitrogen functional groups attached to an aromatic ring is 1. The second kappa shape index (κ2) is 6.45. The average Bonchev–Trinajstić information content (AvgIpc) is 2.70. The lowest BCUT2D eigenvalue weighted by atomic mass is 10.2. The summed E-state index contributed by atoms with van der Waals surface area (Å²) in [5.41, 5.74) is 7.10. The van der Waals surface area contributed by atoms with Gasteiger partial charge in [-0.3, -0.25) is 0 Å². The molecule has 6 heteroatoms. The number of benzene rings is 1. The van der Waals surface area contributed by atoms with Crippen LogP contribution in [-0.4, -0.2) is 17.5 Å². The second-order valence-corrected chi connectivity index (χ2v) is 6.52. The Morgan fingerprint density at radius 3 is 2.85 bits per heavy atom. The summed E-state index contributed by atoms with van der Waals surface area (Å²) in [5, 5.41) is 0.955. The highest BCUT2D eigenvalue weighted by Gasteiger charge is 2.18. The Kier molecular flexibility index (Phi) is 4.88. The third-order valence-electron chi connectivity index (χ3n) is 2.67. The molecule has 0 amide bonds. The van der Waals surface area contributed by atoms with Gasteiger partial charge in [0, 0.05) is 18.1 Å². The maximum atomic E-state index is 5.89. The standard InChI is InChI=1S/C14H18BrN3OS/c1-9(2)19-12-13(16)17-20-14(12)18(3)8-10-5-4-6-11(15)7-10/h4-7,9H,8H2,1-3H3,(H2,16,17). The van der Waals surface area contributed by atoms with E-state index in [9.17, 15) is 0 Å². The topological polar surface area (TPSA) is 51.4 Å². The number of hydrogen-bond acceptors (Lipinski definition) is 5. The first-order valence-corrected chi connectivity index (χ1v) is 7.91. The minimum absolute atomic E-state index is 0.0757. The minimum Gasteiger partial charge on any atom is -0.484 e. The van der Waals surface area contributed by atoms with Gasteiger partial charge in [-0.25, -0.2) is 0 Å². The van der Waals surface area contributed by atoms with Crippen LogP contribution in [0.4, 0.5) is 10.8 Å². The molecule has 108 valence electrons. The summed E-state index contributed by atoms with van der Waals surface area (Å²) < 4.78 is 11.0. The molecule has 20 heavy (non-hydrogen) atoms. The Balaban J connectivity index is 2.19. The van der Waals surface area contributed by atoms with E-state index < -0.39 is 0 Å². The quantitative estimate of drug-likeness (QED) is 0.883.